The molecule has 4 rings (SSSR count). The van der Waals surface area contributed by atoms with Gasteiger partial charge in [-0.2, -0.15) is 0 Å². The monoisotopic (exact) mass is 875 g/mol. The summed E-state index contributed by atoms with van der Waals surface area (Å²) in [4.78, 5) is 65.8. The number of rotatable bonds is 17. The Morgan fingerprint density at radius 1 is 0.648 bits per heavy atom. The highest BCUT2D eigenvalue weighted by Gasteiger charge is 2.35. The zero-order valence-corrected chi connectivity index (χ0v) is 34.6. The second-order valence-corrected chi connectivity index (χ2v) is 14.5. The molecule has 1 unspecified atom stereocenters. The number of quaternary nitrogens is 2. The van der Waals surface area contributed by atoms with E-state index in [2.05, 4.69) is 19.2 Å². The van der Waals surface area contributed by atoms with E-state index >= 15 is 0 Å². The predicted octanol–water partition coefficient (Wildman–Crippen LogP) is -1.77. The van der Waals surface area contributed by atoms with Gasteiger partial charge in [-0.15, -0.1) is 0 Å². The SMILES string of the molecule is CN(CC[N+](C)(Cc1ccccc1)Cc1ccc([N+](=O)[O-])cc1)C(=O)CN(C)C(=O)CN(C)C(=O)C[N+]1(Cc2ccc([N+](=O)[O-])cc2)CCCCC1.[Br-].[Br-]. The lowest BCUT2D eigenvalue weighted by Gasteiger charge is -2.41. The summed E-state index contributed by atoms with van der Waals surface area (Å²) >= 11 is 0. The number of amides is 3. The van der Waals surface area contributed by atoms with Crippen LogP contribution in [-0.2, 0) is 34.0 Å². The zero-order chi connectivity index (χ0) is 37.9. The molecule has 1 aliphatic rings. The van der Waals surface area contributed by atoms with E-state index in [-0.39, 0.29) is 82.7 Å². The molecule has 3 amide bonds. The van der Waals surface area contributed by atoms with Gasteiger partial charge in [-0.05, 0) is 43.5 Å². The van der Waals surface area contributed by atoms with E-state index in [1.165, 1.54) is 34.1 Å². The number of piperidine rings is 1. The van der Waals surface area contributed by atoms with Crippen molar-refractivity contribution in [3.63, 3.8) is 0 Å². The molecule has 1 fully saturated rings. The highest BCUT2D eigenvalue weighted by molar-refractivity contribution is 5.88. The molecule has 1 heterocycles. The number of likely N-dealkylation sites (tertiary alicyclic amines) is 1. The fourth-order valence-corrected chi connectivity index (χ4v) is 6.81. The Morgan fingerprint density at radius 2 is 1.09 bits per heavy atom. The molecule has 0 spiro atoms. The number of hydrogen-bond donors (Lipinski definition) is 0. The first-order chi connectivity index (χ1) is 24.7. The first-order valence-electron chi connectivity index (χ1n) is 17.6. The average molecular weight is 878 g/mol. The van der Waals surface area contributed by atoms with E-state index in [4.69, 9.17) is 0 Å². The molecule has 14 nitrogen and oxygen atoms in total. The number of nitrogens with zero attached hydrogens (tertiary/aromatic N) is 7. The Bertz CT molecular complexity index is 1710. The molecule has 0 aliphatic carbocycles. The van der Waals surface area contributed by atoms with Crippen LogP contribution in [0.4, 0.5) is 11.4 Å². The minimum absolute atomic E-state index is 0. The Labute approximate surface area is 338 Å². The molecule has 0 saturated carbocycles. The molecule has 1 aliphatic heterocycles. The summed E-state index contributed by atoms with van der Waals surface area (Å²) < 4.78 is 1.07. The summed E-state index contributed by atoms with van der Waals surface area (Å²) in [5.41, 5.74) is 3.06. The van der Waals surface area contributed by atoms with Gasteiger partial charge in [0.1, 0.15) is 19.6 Å². The van der Waals surface area contributed by atoms with Gasteiger partial charge in [0.25, 0.3) is 17.3 Å². The van der Waals surface area contributed by atoms with Gasteiger partial charge in [-0.3, -0.25) is 34.6 Å². The van der Waals surface area contributed by atoms with Crippen molar-refractivity contribution in [3.05, 3.63) is 116 Å². The smallest absolute Gasteiger partial charge is 0.278 e. The topological polar surface area (TPSA) is 147 Å². The molecule has 1 saturated heterocycles. The lowest BCUT2D eigenvalue weighted by atomic mass is 10.0. The number of nitro benzene ring substituents is 2. The maximum Gasteiger partial charge on any atom is 0.278 e. The van der Waals surface area contributed by atoms with E-state index in [0.717, 1.165) is 49.0 Å². The fourth-order valence-electron chi connectivity index (χ4n) is 6.81. The van der Waals surface area contributed by atoms with Crippen molar-refractivity contribution in [3.8, 4) is 0 Å². The molecule has 0 bridgehead atoms. The molecule has 0 radical (unpaired) electrons. The first-order valence-corrected chi connectivity index (χ1v) is 17.6. The maximum atomic E-state index is 13.5. The van der Waals surface area contributed by atoms with Crippen LogP contribution < -0.4 is 34.0 Å². The molecule has 54 heavy (non-hydrogen) atoms. The van der Waals surface area contributed by atoms with Gasteiger partial charge in [0.05, 0.1) is 56.2 Å². The largest absolute Gasteiger partial charge is 1.00 e. The second-order valence-electron chi connectivity index (χ2n) is 14.5. The third-order valence-electron chi connectivity index (χ3n) is 10.0. The molecule has 294 valence electrons. The average Bonchev–Trinajstić information content (AvgIpc) is 3.11. The minimum atomic E-state index is -0.429. The third kappa shape index (κ3) is 13.6. The Kier molecular flexibility index (Phi) is 17.9. The van der Waals surface area contributed by atoms with Gasteiger partial charge in [0.2, 0.25) is 11.8 Å². The van der Waals surface area contributed by atoms with Gasteiger partial charge >= 0.3 is 0 Å². The summed E-state index contributed by atoms with van der Waals surface area (Å²) in [6, 6.07) is 23.0. The van der Waals surface area contributed by atoms with Crippen molar-refractivity contribution in [1.29, 1.82) is 0 Å². The number of non-ortho nitro benzene ring substituents is 2. The first kappa shape index (κ1) is 45.9. The van der Waals surface area contributed by atoms with Gasteiger partial charge in [0.15, 0.2) is 6.54 Å². The maximum absolute atomic E-state index is 13.5. The fraction of sp³-hybridized carbons (Fsp3) is 0.447. The molecule has 0 N–H and O–H groups in total. The van der Waals surface area contributed by atoms with Crippen LogP contribution in [0.15, 0.2) is 78.9 Å². The minimum Gasteiger partial charge on any atom is -1.00 e. The molecule has 3 aromatic carbocycles. The second kappa shape index (κ2) is 21.0. The number of carbonyl (C=O) groups excluding carboxylic acids is 3. The lowest BCUT2D eigenvalue weighted by molar-refractivity contribution is -0.938. The standard InChI is InChI=1S/C38H51N7O7.2BrH/c1-39(21-24-44(4,27-31-11-7-5-8-12-31)28-32-13-17-34(18-14-32)42(49)50)36(46)25-40(2)37(47)26-41(3)38(48)30-45(22-9-6-10-23-45)29-33-15-19-35(20-16-33)43(51)52;;/h5,7-8,11-20H,6,9-10,21-30H2,1-4H3;2*1H/q+2;;/p-2. The van der Waals surface area contributed by atoms with Crippen LogP contribution in [0.25, 0.3) is 0 Å². The molecular formula is C38H51Br2N7O7. The van der Waals surface area contributed by atoms with Gasteiger partial charge < -0.3 is 57.6 Å². The summed E-state index contributed by atoms with van der Waals surface area (Å²) in [6.45, 7) is 4.41. The predicted molar refractivity (Wildman–Crippen MR) is 196 cm³/mol. The van der Waals surface area contributed by atoms with Crippen molar-refractivity contribution in [1.82, 2.24) is 14.7 Å². The Morgan fingerprint density at radius 3 is 1.59 bits per heavy atom. The van der Waals surface area contributed by atoms with E-state index in [0.29, 0.717) is 41.7 Å². The van der Waals surface area contributed by atoms with Gasteiger partial charge in [-0.25, -0.2) is 0 Å². The van der Waals surface area contributed by atoms with Crippen molar-refractivity contribution < 1.29 is 67.2 Å². The van der Waals surface area contributed by atoms with Gasteiger partial charge in [-0.1, -0.05) is 30.3 Å². The van der Waals surface area contributed by atoms with Gasteiger partial charge in [0, 0.05) is 62.1 Å². The molecule has 0 aromatic heterocycles. The van der Waals surface area contributed by atoms with E-state index < -0.39 is 9.85 Å². The van der Waals surface area contributed by atoms with Crippen LogP contribution >= 0.6 is 0 Å². The van der Waals surface area contributed by atoms with Crippen LogP contribution in [0.1, 0.15) is 36.0 Å². The summed E-state index contributed by atoms with van der Waals surface area (Å²) in [5, 5.41) is 22.3. The van der Waals surface area contributed by atoms with Crippen LogP contribution in [0.2, 0.25) is 0 Å². The van der Waals surface area contributed by atoms with Crippen molar-refractivity contribution >= 4 is 29.1 Å². The summed E-state index contributed by atoms with van der Waals surface area (Å²) in [7, 11) is 6.97. The van der Waals surface area contributed by atoms with Crippen LogP contribution in [0.3, 0.4) is 0 Å². The number of likely N-dealkylation sites (N-methyl/N-ethyl adjacent to an activating group) is 4. The van der Waals surface area contributed by atoms with E-state index in [9.17, 15) is 34.6 Å². The number of halogens is 2. The zero-order valence-electron chi connectivity index (χ0n) is 31.4. The van der Waals surface area contributed by atoms with Crippen molar-refractivity contribution in [2.75, 3.05) is 74.0 Å². The highest BCUT2D eigenvalue weighted by Crippen LogP contribution is 2.25. The van der Waals surface area contributed by atoms with Crippen LogP contribution in [-0.4, -0.2) is 125 Å². The molecule has 1 atom stereocenters. The van der Waals surface area contributed by atoms with Crippen LogP contribution in [0.5, 0.6) is 0 Å². The normalized spacial score (nSPS) is 14.3. The highest BCUT2D eigenvalue weighted by atomic mass is 79.9. The Balaban J connectivity index is 0.00000504. The number of carbonyl (C=O) groups is 3. The molecule has 16 heteroatoms. The van der Waals surface area contributed by atoms with E-state index in [1.54, 1.807) is 50.3 Å². The summed E-state index contributed by atoms with van der Waals surface area (Å²) in [6.07, 6.45) is 3.03. The van der Waals surface area contributed by atoms with Crippen molar-refractivity contribution in [2.45, 2.75) is 38.9 Å². The van der Waals surface area contributed by atoms with E-state index in [1.807, 2.05) is 18.2 Å². The number of nitro groups is 2. The van der Waals surface area contributed by atoms with Crippen LogP contribution in [0, 0.1) is 20.2 Å². The quantitative estimate of drug-likeness (QED) is 0.0888. The number of benzene rings is 3. The third-order valence-corrected chi connectivity index (χ3v) is 10.0. The lowest BCUT2D eigenvalue weighted by Crippen LogP contribution is -3.00. The Hall–Kier alpha value is -4.25. The number of hydrogen-bond acceptors (Lipinski definition) is 7. The summed E-state index contributed by atoms with van der Waals surface area (Å²) in [5.74, 6) is -0.745. The molecular weight excluding hydrogens is 826 g/mol. The van der Waals surface area contributed by atoms with Crippen molar-refractivity contribution in [2.24, 2.45) is 0 Å². The molecule has 3 aromatic rings.